The molecule has 2 aromatic carbocycles. The summed E-state index contributed by atoms with van der Waals surface area (Å²) in [6, 6.07) is 14.8. The summed E-state index contributed by atoms with van der Waals surface area (Å²) in [5.74, 6) is -0.310. The van der Waals surface area contributed by atoms with Gasteiger partial charge in [-0.15, -0.1) is 0 Å². The first kappa shape index (κ1) is 21.6. The summed E-state index contributed by atoms with van der Waals surface area (Å²) in [6.45, 7) is 2.63. The third kappa shape index (κ3) is 7.08. The number of hydrogen-bond acceptors (Lipinski definition) is 3. The van der Waals surface area contributed by atoms with Crippen LogP contribution in [0.1, 0.15) is 31.7 Å². The number of benzene rings is 2. The van der Waals surface area contributed by atoms with Crippen molar-refractivity contribution in [1.29, 1.82) is 0 Å². The summed E-state index contributed by atoms with van der Waals surface area (Å²) >= 11 is 3.29. The fourth-order valence-electron chi connectivity index (χ4n) is 2.62. The van der Waals surface area contributed by atoms with E-state index in [2.05, 4.69) is 32.9 Å². The lowest BCUT2D eigenvalue weighted by Crippen LogP contribution is -2.48. The molecule has 0 saturated carbocycles. The van der Waals surface area contributed by atoms with E-state index in [0.717, 1.165) is 29.3 Å². The molecule has 0 heterocycles. The van der Waals surface area contributed by atoms with Crippen LogP contribution in [0.15, 0.2) is 64.0 Å². The molecule has 0 aliphatic heterocycles. The lowest BCUT2D eigenvalue weighted by molar-refractivity contribution is -0.122. The summed E-state index contributed by atoms with van der Waals surface area (Å²) in [7, 11) is -3.81. The topological polar surface area (TPSA) is 75.3 Å². The van der Waals surface area contributed by atoms with Crippen LogP contribution >= 0.6 is 15.9 Å². The second-order valence-electron chi connectivity index (χ2n) is 6.32. The highest BCUT2D eigenvalue weighted by Crippen LogP contribution is 2.15. The Hall–Kier alpha value is -1.70. The Labute approximate surface area is 169 Å². The summed E-state index contributed by atoms with van der Waals surface area (Å²) in [5.41, 5.74) is 0.893. The SMILES string of the molecule is CCCCCNC(=O)[C@@H](Cc1ccccc1)NS(=O)(=O)c1ccc(Br)cc1. The van der Waals surface area contributed by atoms with Crippen molar-refractivity contribution in [2.75, 3.05) is 6.54 Å². The Bertz CT molecular complexity index is 824. The zero-order valence-corrected chi connectivity index (χ0v) is 17.7. The van der Waals surface area contributed by atoms with Crippen molar-refractivity contribution >= 4 is 31.9 Å². The van der Waals surface area contributed by atoms with Gasteiger partial charge in [0, 0.05) is 11.0 Å². The van der Waals surface area contributed by atoms with Gasteiger partial charge in [0.15, 0.2) is 0 Å². The normalized spacial score (nSPS) is 12.5. The Kier molecular flexibility index (Phi) is 8.47. The fraction of sp³-hybridized carbons (Fsp3) is 0.350. The number of halogens is 1. The largest absolute Gasteiger partial charge is 0.355 e. The average molecular weight is 453 g/mol. The molecule has 5 nitrogen and oxygen atoms in total. The van der Waals surface area contributed by atoms with Crippen molar-refractivity contribution in [2.24, 2.45) is 0 Å². The number of rotatable bonds is 10. The Morgan fingerprint density at radius 1 is 1.04 bits per heavy atom. The molecule has 1 atom stereocenters. The van der Waals surface area contributed by atoms with E-state index in [1.165, 1.54) is 12.1 Å². The van der Waals surface area contributed by atoms with E-state index < -0.39 is 16.1 Å². The van der Waals surface area contributed by atoms with E-state index in [1.807, 2.05) is 30.3 Å². The molecule has 2 aromatic rings. The molecule has 2 rings (SSSR count). The van der Waals surface area contributed by atoms with Gasteiger partial charge in [0.25, 0.3) is 0 Å². The van der Waals surface area contributed by atoms with Crippen molar-refractivity contribution in [3.05, 3.63) is 64.6 Å². The van der Waals surface area contributed by atoms with E-state index in [-0.39, 0.29) is 17.2 Å². The smallest absolute Gasteiger partial charge is 0.241 e. The van der Waals surface area contributed by atoms with Crippen LogP contribution in [-0.4, -0.2) is 26.9 Å². The van der Waals surface area contributed by atoms with Crippen LogP contribution in [0.2, 0.25) is 0 Å². The van der Waals surface area contributed by atoms with E-state index in [0.29, 0.717) is 6.54 Å². The molecule has 0 radical (unpaired) electrons. The molecule has 0 saturated heterocycles. The highest BCUT2D eigenvalue weighted by molar-refractivity contribution is 9.10. The lowest BCUT2D eigenvalue weighted by Gasteiger charge is -2.19. The number of carbonyl (C=O) groups is 1. The molecule has 27 heavy (non-hydrogen) atoms. The zero-order chi connectivity index (χ0) is 19.7. The number of carbonyl (C=O) groups excluding carboxylic acids is 1. The molecule has 0 unspecified atom stereocenters. The first-order valence-electron chi connectivity index (χ1n) is 9.02. The van der Waals surface area contributed by atoms with Gasteiger partial charge in [0.2, 0.25) is 15.9 Å². The summed E-state index contributed by atoms with van der Waals surface area (Å²) < 4.78 is 28.8. The van der Waals surface area contributed by atoms with Crippen molar-refractivity contribution in [1.82, 2.24) is 10.0 Å². The van der Waals surface area contributed by atoms with Crippen LogP contribution in [0.4, 0.5) is 0 Å². The quantitative estimate of drug-likeness (QED) is 0.540. The molecule has 0 spiro atoms. The fourth-order valence-corrected chi connectivity index (χ4v) is 4.08. The molecule has 0 aliphatic carbocycles. The number of unbranched alkanes of at least 4 members (excludes halogenated alkanes) is 2. The van der Waals surface area contributed by atoms with Gasteiger partial charge in [-0.2, -0.15) is 4.72 Å². The van der Waals surface area contributed by atoms with Gasteiger partial charge >= 0.3 is 0 Å². The molecular formula is C20H25BrN2O3S. The second-order valence-corrected chi connectivity index (χ2v) is 8.95. The highest BCUT2D eigenvalue weighted by Gasteiger charge is 2.25. The van der Waals surface area contributed by atoms with Crippen LogP contribution < -0.4 is 10.0 Å². The van der Waals surface area contributed by atoms with Gasteiger partial charge in [-0.05, 0) is 42.7 Å². The predicted molar refractivity (Wildman–Crippen MR) is 111 cm³/mol. The summed E-state index contributed by atoms with van der Waals surface area (Å²) in [5, 5.41) is 2.85. The predicted octanol–water partition coefficient (Wildman–Crippen LogP) is 3.65. The molecule has 7 heteroatoms. The standard InChI is InChI=1S/C20H25BrN2O3S/c1-2-3-7-14-22-20(24)19(15-16-8-5-4-6-9-16)23-27(25,26)18-12-10-17(21)11-13-18/h4-6,8-13,19,23H,2-3,7,14-15H2,1H3,(H,22,24)/t19-/m1/s1. The van der Waals surface area contributed by atoms with Crippen LogP contribution in [0.5, 0.6) is 0 Å². The maximum Gasteiger partial charge on any atom is 0.241 e. The second kappa shape index (κ2) is 10.6. The number of sulfonamides is 1. The Morgan fingerprint density at radius 2 is 1.70 bits per heavy atom. The van der Waals surface area contributed by atoms with Gasteiger partial charge in [-0.1, -0.05) is 66.0 Å². The van der Waals surface area contributed by atoms with E-state index in [1.54, 1.807) is 12.1 Å². The minimum Gasteiger partial charge on any atom is -0.355 e. The zero-order valence-electron chi connectivity index (χ0n) is 15.3. The summed E-state index contributed by atoms with van der Waals surface area (Å²) in [4.78, 5) is 12.8. The van der Waals surface area contributed by atoms with Crippen LogP contribution in [0, 0.1) is 0 Å². The van der Waals surface area contributed by atoms with Crippen molar-refractivity contribution in [3.8, 4) is 0 Å². The monoisotopic (exact) mass is 452 g/mol. The third-order valence-corrected chi connectivity index (χ3v) is 6.12. The van der Waals surface area contributed by atoms with Gasteiger partial charge in [-0.3, -0.25) is 4.79 Å². The van der Waals surface area contributed by atoms with Crippen LogP contribution in [-0.2, 0) is 21.2 Å². The molecule has 0 fully saturated rings. The van der Waals surface area contributed by atoms with Crippen molar-refractivity contribution in [3.63, 3.8) is 0 Å². The van der Waals surface area contributed by atoms with Crippen LogP contribution in [0.3, 0.4) is 0 Å². The molecule has 1 amide bonds. The minimum atomic E-state index is -3.81. The lowest BCUT2D eigenvalue weighted by atomic mass is 10.1. The highest BCUT2D eigenvalue weighted by atomic mass is 79.9. The Morgan fingerprint density at radius 3 is 2.33 bits per heavy atom. The first-order valence-corrected chi connectivity index (χ1v) is 11.3. The third-order valence-electron chi connectivity index (χ3n) is 4.10. The van der Waals surface area contributed by atoms with Gasteiger partial charge in [-0.25, -0.2) is 8.42 Å². The van der Waals surface area contributed by atoms with Crippen molar-refractivity contribution in [2.45, 2.75) is 43.5 Å². The Balaban J connectivity index is 2.15. The molecule has 0 aromatic heterocycles. The maximum absolute atomic E-state index is 12.7. The van der Waals surface area contributed by atoms with E-state index in [4.69, 9.17) is 0 Å². The van der Waals surface area contributed by atoms with E-state index >= 15 is 0 Å². The summed E-state index contributed by atoms with van der Waals surface area (Å²) in [6.07, 6.45) is 3.24. The van der Waals surface area contributed by atoms with Crippen molar-refractivity contribution < 1.29 is 13.2 Å². The number of nitrogens with one attached hydrogen (secondary N) is 2. The number of hydrogen-bond donors (Lipinski definition) is 2. The van der Waals surface area contributed by atoms with Crippen LogP contribution in [0.25, 0.3) is 0 Å². The molecular weight excluding hydrogens is 428 g/mol. The number of amides is 1. The average Bonchev–Trinajstić information content (AvgIpc) is 2.65. The minimum absolute atomic E-state index is 0.127. The molecule has 2 N–H and O–H groups in total. The van der Waals surface area contributed by atoms with Gasteiger partial charge in [0.1, 0.15) is 6.04 Å². The van der Waals surface area contributed by atoms with Gasteiger partial charge in [0.05, 0.1) is 4.90 Å². The maximum atomic E-state index is 12.7. The van der Waals surface area contributed by atoms with Gasteiger partial charge < -0.3 is 5.32 Å². The molecule has 0 aliphatic rings. The van der Waals surface area contributed by atoms with E-state index in [9.17, 15) is 13.2 Å². The molecule has 0 bridgehead atoms. The molecule has 146 valence electrons. The first-order chi connectivity index (χ1) is 12.9.